The Kier molecular flexibility index (Phi) is 6.25. The first-order chi connectivity index (χ1) is 12.5. The number of rotatable bonds is 6. The summed E-state index contributed by atoms with van der Waals surface area (Å²) in [7, 11) is 0. The molecule has 0 fully saturated rings. The summed E-state index contributed by atoms with van der Waals surface area (Å²) in [5.41, 5.74) is 1.30. The van der Waals surface area contributed by atoms with Crippen LogP contribution in [0.5, 0.6) is 11.5 Å². The molecule has 0 aromatic heterocycles. The molecular weight excluding hydrogens is 336 g/mol. The highest BCUT2D eigenvalue weighted by atomic mass is 16.5. The van der Waals surface area contributed by atoms with Crippen LogP contribution in [0.25, 0.3) is 0 Å². The van der Waals surface area contributed by atoms with Crippen molar-refractivity contribution in [1.82, 2.24) is 0 Å². The highest BCUT2D eigenvalue weighted by Crippen LogP contribution is 2.28. The summed E-state index contributed by atoms with van der Waals surface area (Å²) in [5, 5.41) is 17.6. The van der Waals surface area contributed by atoms with Gasteiger partial charge in [-0.3, -0.25) is 0 Å². The van der Waals surface area contributed by atoms with E-state index < -0.39 is 25.2 Å². The third-order valence-electron chi connectivity index (χ3n) is 3.05. The van der Waals surface area contributed by atoms with Gasteiger partial charge in [0.15, 0.2) is 13.2 Å². The third kappa shape index (κ3) is 5.33. The summed E-state index contributed by atoms with van der Waals surface area (Å²) in [4.78, 5) is 21.5. The predicted molar refractivity (Wildman–Crippen MR) is 93.1 cm³/mol. The highest BCUT2D eigenvalue weighted by Gasteiger charge is 2.12. The number of terminal acetylenes is 1. The number of carbonyl (C=O) groups is 2. The van der Waals surface area contributed by atoms with E-state index in [1.54, 1.807) is 0 Å². The molecule has 2 N–H and O–H groups in total. The lowest BCUT2D eigenvalue weighted by molar-refractivity contribution is -0.140. The maximum Gasteiger partial charge on any atom is 0.341 e. The van der Waals surface area contributed by atoms with Gasteiger partial charge in [-0.05, 0) is 12.1 Å². The van der Waals surface area contributed by atoms with E-state index in [2.05, 4.69) is 17.8 Å². The van der Waals surface area contributed by atoms with Crippen molar-refractivity contribution in [2.45, 2.75) is 0 Å². The second-order valence-electron chi connectivity index (χ2n) is 4.97. The summed E-state index contributed by atoms with van der Waals surface area (Å²) in [5.74, 6) is 6.15. The van der Waals surface area contributed by atoms with Crippen LogP contribution in [0.15, 0.2) is 42.5 Å². The molecule has 0 aliphatic carbocycles. The van der Waals surface area contributed by atoms with Crippen LogP contribution in [0.2, 0.25) is 0 Å². The van der Waals surface area contributed by atoms with Gasteiger partial charge in [-0.15, -0.1) is 6.42 Å². The van der Waals surface area contributed by atoms with Gasteiger partial charge in [0, 0.05) is 17.7 Å². The normalized spacial score (nSPS) is 9.35. The van der Waals surface area contributed by atoms with Crippen LogP contribution in [0, 0.1) is 24.2 Å². The van der Waals surface area contributed by atoms with Gasteiger partial charge in [0.25, 0.3) is 0 Å². The Labute approximate surface area is 150 Å². The molecule has 0 amide bonds. The number of aliphatic carboxylic acids is 2. The van der Waals surface area contributed by atoms with Crippen molar-refractivity contribution in [3.8, 4) is 35.7 Å². The van der Waals surface area contributed by atoms with E-state index in [1.165, 1.54) is 12.1 Å². The fraction of sp³-hybridized carbons (Fsp3) is 0.100. The molecule has 0 spiro atoms. The van der Waals surface area contributed by atoms with E-state index in [-0.39, 0.29) is 17.1 Å². The van der Waals surface area contributed by atoms with Crippen LogP contribution in [0.3, 0.4) is 0 Å². The summed E-state index contributed by atoms with van der Waals surface area (Å²) in [6.07, 6.45) is 5.41. The number of hydrogen-bond acceptors (Lipinski definition) is 4. The van der Waals surface area contributed by atoms with Gasteiger partial charge < -0.3 is 19.7 Å². The zero-order valence-corrected chi connectivity index (χ0v) is 13.6. The summed E-state index contributed by atoms with van der Waals surface area (Å²) in [6, 6.07) is 12.0. The Balaban J connectivity index is 2.45. The number of benzene rings is 2. The molecule has 0 bridgehead atoms. The Bertz CT molecular complexity index is 913. The van der Waals surface area contributed by atoms with Gasteiger partial charge in [0.05, 0.1) is 11.1 Å². The molecule has 0 atom stereocenters. The average molecular weight is 350 g/mol. The van der Waals surface area contributed by atoms with E-state index in [0.29, 0.717) is 5.56 Å². The molecule has 2 aromatic rings. The topological polar surface area (TPSA) is 93.1 Å². The number of hydrogen-bond donors (Lipinski definition) is 2. The first kappa shape index (κ1) is 18.4. The molecule has 2 aromatic carbocycles. The SMILES string of the molecule is C#Cc1cc(OCC(=O)O)c(C#Cc2ccccc2)cc1OCC(=O)O. The number of ether oxygens (including phenoxy) is 2. The van der Waals surface area contributed by atoms with Crippen molar-refractivity contribution in [1.29, 1.82) is 0 Å². The molecule has 6 nitrogen and oxygen atoms in total. The van der Waals surface area contributed by atoms with Crippen LogP contribution in [0.4, 0.5) is 0 Å². The van der Waals surface area contributed by atoms with Crippen molar-refractivity contribution in [3.63, 3.8) is 0 Å². The van der Waals surface area contributed by atoms with E-state index in [4.69, 9.17) is 26.1 Å². The summed E-state index contributed by atoms with van der Waals surface area (Å²) >= 11 is 0. The Hall–Kier alpha value is -3.90. The molecule has 0 aliphatic rings. The predicted octanol–water partition coefficient (Wildman–Crippen LogP) is 1.99. The maximum absolute atomic E-state index is 10.8. The van der Waals surface area contributed by atoms with Crippen molar-refractivity contribution in [3.05, 3.63) is 59.2 Å². The minimum absolute atomic E-state index is 0.148. The molecule has 0 saturated carbocycles. The highest BCUT2D eigenvalue weighted by molar-refractivity contribution is 5.70. The van der Waals surface area contributed by atoms with Crippen molar-refractivity contribution >= 4 is 11.9 Å². The zero-order chi connectivity index (χ0) is 18.9. The van der Waals surface area contributed by atoms with E-state index in [0.717, 1.165) is 5.56 Å². The first-order valence-electron chi connectivity index (χ1n) is 7.40. The fourth-order valence-electron chi connectivity index (χ4n) is 1.95. The minimum atomic E-state index is -1.16. The quantitative estimate of drug-likeness (QED) is 0.774. The van der Waals surface area contributed by atoms with Crippen LogP contribution < -0.4 is 9.47 Å². The van der Waals surface area contributed by atoms with Gasteiger partial charge in [-0.25, -0.2) is 9.59 Å². The molecule has 0 saturated heterocycles. The van der Waals surface area contributed by atoms with Crippen LogP contribution in [-0.2, 0) is 9.59 Å². The second-order valence-corrected chi connectivity index (χ2v) is 4.97. The summed E-state index contributed by atoms with van der Waals surface area (Å²) < 4.78 is 10.4. The van der Waals surface area contributed by atoms with Crippen molar-refractivity contribution in [2.24, 2.45) is 0 Å². The zero-order valence-electron chi connectivity index (χ0n) is 13.6. The number of carboxylic acid groups (broad SMARTS) is 2. The lowest BCUT2D eigenvalue weighted by Gasteiger charge is -2.11. The third-order valence-corrected chi connectivity index (χ3v) is 3.05. The van der Waals surface area contributed by atoms with Crippen LogP contribution in [0.1, 0.15) is 16.7 Å². The van der Waals surface area contributed by atoms with Gasteiger partial charge >= 0.3 is 11.9 Å². The molecule has 0 heterocycles. The van der Waals surface area contributed by atoms with Gasteiger partial charge in [0.2, 0.25) is 0 Å². The van der Waals surface area contributed by atoms with E-state index >= 15 is 0 Å². The maximum atomic E-state index is 10.8. The second kappa shape index (κ2) is 8.81. The van der Waals surface area contributed by atoms with E-state index in [1.807, 2.05) is 30.3 Å². The molecular formula is C20H14O6. The molecule has 6 heteroatoms. The smallest absolute Gasteiger partial charge is 0.341 e. The van der Waals surface area contributed by atoms with Gasteiger partial charge in [0.1, 0.15) is 11.5 Å². The Morgan fingerprint density at radius 3 is 1.96 bits per heavy atom. The summed E-state index contributed by atoms with van der Waals surface area (Å²) in [6.45, 7) is -1.14. The Morgan fingerprint density at radius 2 is 1.42 bits per heavy atom. The average Bonchev–Trinajstić information content (AvgIpc) is 2.63. The molecule has 130 valence electrons. The molecule has 0 unspecified atom stereocenters. The van der Waals surface area contributed by atoms with Crippen LogP contribution in [-0.4, -0.2) is 35.4 Å². The van der Waals surface area contributed by atoms with Crippen molar-refractivity contribution < 1.29 is 29.3 Å². The van der Waals surface area contributed by atoms with Crippen molar-refractivity contribution in [2.75, 3.05) is 13.2 Å². The molecule has 2 rings (SSSR count). The Morgan fingerprint density at radius 1 is 0.885 bits per heavy atom. The van der Waals surface area contributed by atoms with Gasteiger partial charge in [-0.1, -0.05) is 36.0 Å². The monoisotopic (exact) mass is 350 g/mol. The minimum Gasteiger partial charge on any atom is -0.481 e. The lowest BCUT2D eigenvalue weighted by Crippen LogP contribution is -2.12. The molecule has 26 heavy (non-hydrogen) atoms. The van der Waals surface area contributed by atoms with Crippen LogP contribution >= 0.6 is 0 Å². The first-order valence-corrected chi connectivity index (χ1v) is 7.40. The number of carboxylic acids is 2. The molecule has 0 radical (unpaired) electrons. The van der Waals surface area contributed by atoms with E-state index in [9.17, 15) is 9.59 Å². The standard InChI is InChI=1S/C20H14O6/c1-2-15-10-18(26-13-20(23)24)16(11-17(15)25-12-19(21)22)9-8-14-6-4-3-5-7-14/h1,3-7,10-11H,12-13H2,(H,21,22)(H,23,24). The molecule has 0 aliphatic heterocycles. The lowest BCUT2D eigenvalue weighted by atomic mass is 10.1. The fourth-order valence-corrected chi connectivity index (χ4v) is 1.95. The van der Waals surface area contributed by atoms with Gasteiger partial charge in [-0.2, -0.15) is 0 Å². The largest absolute Gasteiger partial charge is 0.481 e.